The van der Waals surface area contributed by atoms with Gasteiger partial charge in [-0.1, -0.05) is 0 Å². The first kappa shape index (κ1) is 15.8. The maximum atomic E-state index is 12.5. The van der Waals surface area contributed by atoms with Crippen LogP contribution in [0, 0.1) is 6.92 Å². The third kappa shape index (κ3) is 2.78. The quantitative estimate of drug-likeness (QED) is 0.879. The first-order valence-corrected chi connectivity index (χ1v) is 9.02. The number of hydrogen-bond acceptors (Lipinski definition) is 4. The van der Waals surface area contributed by atoms with E-state index in [1.165, 1.54) is 12.8 Å². The van der Waals surface area contributed by atoms with Crippen LogP contribution in [0.25, 0.3) is 0 Å². The van der Waals surface area contributed by atoms with Gasteiger partial charge in [0.05, 0.1) is 12.7 Å². The molecule has 2 atom stereocenters. The molecule has 2 fully saturated rings. The predicted molar refractivity (Wildman–Crippen MR) is 89.5 cm³/mol. The van der Waals surface area contributed by atoms with Gasteiger partial charge in [0, 0.05) is 36.8 Å². The second kappa shape index (κ2) is 6.33. The highest BCUT2D eigenvalue weighted by molar-refractivity contribution is 6.04. The molecule has 130 valence electrons. The van der Waals surface area contributed by atoms with Gasteiger partial charge in [0.25, 0.3) is 5.91 Å². The number of aryl methyl sites for hydroxylation is 1. The van der Waals surface area contributed by atoms with Crippen molar-refractivity contribution >= 4 is 11.7 Å². The van der Waals surface area contributed by atoms with Crippen molar-refractivity contribution in [2.75, 3.05) is 26.2 Å². The average molecular weight is 331 g/mol. The molecule has 0 radical (unpaired) electrons. The van der Waals surface area contributed by atoms with Gasteiger partial charge in [-0.3, -0.25) is 14.5 Å². The van der Waals surface area contributed by atoms with Gasteiger partial charge in [-0.25, -0.2) is 0 Å². The van der Waals surface area contributed by atoms with Crippen LogP contribution < -0.4 is 5.32 Å². The van der Waals surface area contributed by atoms with Gasteiger partial charge in [-0.2, -0.15) is 0 Å². The lowest BCUT2D eigenvalue weighted by Crippen LogP contribution is -2.50. The van der Waals surface area contributed by atoms with E-state index in [1.54, 1.807) is 0 Å². The Bertz CT molecular complexity index is 667. The van der Waals surface area contributed by atoms with Gasteiger partial charge >= 0.3 is 0 Å². The number of morpholine rings is 1. The molecule has 0 unspecified atom stereocenters. The summed E-state index contributed by atoms with van der Waals surface area (Å²) < 4.78 is 5.89. The summed E-state index contributed by atoms with van der Waals surface area (Å²) >= 11 is 0. The van der Waals surface area contributed by atoms with Crippen LogP contribution in [0.2, 0.25) is 0 Å². The molecule has 0 aromatic carbocycles. The van der Waals surface area contributed by atoms with Gasteiger partial charge in [0.2, 0.25) is 0 Å². The van der Waals surface area contributed by atoms with Gasteiger partial charge in [0.15, 0.2) is 5.78 Å². The Balaban J connectivity index is 1.39. The third-order valence-electron chi connectivity index (χ3n) is 5.62. The van der Waals surface area contributed by atoms with Crippen molar-refractivity contribution < 1.29 is 14.3 Å². The number of ether oxygens (including phenoxy) is 1. The summed E-state index contributed by atoms with van der Waals surface area (Å²) in [5.74, 6) is 0.0154. The lowest BCUT2D eigenvalue weighted by Gasteiger charge is -2.35. The van der Waals surface area contributed by atoms with E-state index in [2.05, 4.69) is 15.2 Å². The van der Waals surface area contributed by atoms with Crippen LogP contribution >= 0.6 is 0 Å². The number of carbonyl (C=O) groups excluding carboxylic acids is 2. The molecule has 4 rings (SSSR count). The summed E-state index contributed by atoms with van der Waals surface area (Å²) in [7, 11) is 0. The van der Waals surface area contributed by atoms with Crippen LogP contribution in [-0.2, 0) is 11.2 Å². The molecule has 0 saturated carbocycles. The fourth-order valence-electron chi connectivity index (χ4n) is 4.31. The minimum absolute atomic E-state index is 0.0508. The molecular formula is C18H25N3O3. The zero-order chi connectivity index (χ0) is 16.7. The number of rotatable bonds is 3. The number of nitrogens with zero attached hydrogens (tertiary/aromatic N) is 1. The van der Waals surface area contributed by atoms with E-state index in [1.807, 2.05) is 6.92 Å². The Morgan fingerprint density at radius 2 is 2.25 bits per heavy atom. The Labute approximate surface area is 141 Å². The van der Waals surface area contributed by atoms with Crippen LogP contribution in [0.5, 0.6) is 0 Å². The summed E-state index contributed by atoms with van der Waals surface area (Å²) in [6, 6.07) is 0.570. The Hall–Kier alpha value is -1.66. The van der Waals surface area contributed by atoms with Crippen LogP contribution in [0.4, 0.5) is 0 Å². The highest BCUT2D eigenvalue weighted by Crippen LogP contribution is 2.26. The summed E-state index contributed by atoms with van der Waals surface area (Å²) in [5, 5.41) is 2.98. The highest BCUT2D eigenvalue weighted by Gasteiger charge is 2.32. The lowest BCUT2D eigenvalue weighted by atomic mass is 9.94. The maximum Gasteiger partial charge on any atom is 0.268 e. The van der Waals surface area contributed by atoms with Crippen molar-refractivity contribution in [1.29, 1.82) is 0 Å². The maximum absolute atomic E-state index is 12.5. The zero-order valence-corrected chi connectivity index (χ0v) is 14.2. The van der Waals surface area contributed by atoms with E-state index in [0.717, 1.165) is 49.4 Å². The van der Waals surface area contributed by atoms with E-state index in [4.69, 9.17) is 4.74 Å². The minimum Gasteiger partial charge on any atom is -0.373 e. The minimum atomic E-state index is -0.137. The Morgan fingerprint density at radius 3 is 3.08 bits per heavy atom. The molecule has 1 aliphatic carbocycles. The Morgan fingerprint density at radius 1 is 1.38 bits per heavy atom. The first-order chi connectivity index (χ1) is 11.6. The van der Waals surface area contributed by atoms with E-state index in [9.17, 15) is 9.59 Å². The topological polar surface area (TPSA) is 74.4 Å². The van der Waals surface area contributed by atoms with Crippen LogP contribution in [0.1, 0.15) is 57.8 Å². The van der Waals surface area contributed by atoms with Gasteiger partial charge in [-0.05, 0) is 44.7 Å². The molecule has 2 saturated heterocycles. The fourth-order valence-corrected chi connectivity index (χ4v) is 4.31. The second-order valence-electron chi connectivity index (χ2n) is 7.21. The SMILES string of the molecule is Cc1c(C(=O)NC[C@H]2CN3CCC[C@H]3CO2)[nH]c2c1C(=O)CCC2. The zero-order valence-electron chi connectivity index (χ0n) is 14.2. The van der Waals surface area contributed by atoms with Crippen LogP contribution in [0.3, 0.4) is 0 Å². The van der Waals surface area contributed by atoms with Gasteiger partial charge < -0.3 is 15.0 Å². The predicted octanol–water partition coefficient (Wildman–Crippen LogP) is 1.44. The van der Waals surface area contributed by atoms with Crippen molar-refractivity contribution in [2.24, 2.45) is 0 Å². The molecular weight excluding hydrogens is 306 g/mol. The molecule has 3 heterocycles. The first-order valence-electron chi connectivity index (χ1n) is 9.02. The van der Waals surface area contributed by atoms with Crippen LogP contribution in [-0.4, -0.2) is 60.0 Å². The highest BCUT2D eigenvalue weighted by atomic mass is 16.5. The number of amides is 1. The monoisotopic (exact) mass is 331 g/mol. The van der Waals surface area contributed by atoms with Crippen molar-refractivity contribution in [3.63, 3.8) is 0 Å². The molecule has 24 heavy (non-hydrogen) atoms. The smallest absolute Gasteiger partial charge is 0.268 e. The number of fused-ring (bicyclic) bond motifs is 2. The number of ketones is 1. The number of H-pyrrole nitrogens is 1. The average Bonchev–Trinajstić information content (AvgIpc) is 3.17. The van der Waals surface area contributed by atoms with Crippen molar-refractivity contribution in [3.05, 3.63) is 22.5 Å². The molecule has 3 aliphatic rings. The number of aromatic amines is 1. The summed E-state index contributed by atoms with van der Waals surface area (Å²) in [5.41, 5.74) is 2.98. The molecule has 1 aromatic heterocycles. The number of hydrogen-bond donors (Lipinski definition) is 2. The van der Waals surface area contributed by atoms with E-state index < -0.39 is 0 Å². The molecule has 6 heteroatoms. The number of nitrogens with one attached hydrogen (secondary N) is 2. The van der Waals surface area contributed by atoms with Crippen molar-refractivity contribution in [1.82, 2.24) is 15.2 Å². The molecule has 6 nitrogen and oxygen atoms in total. The molecule has 1 aromatic rings. The molecule has 0 bridgehead atoms. The standard InChI is InChI=1S/C18H25N3O3/c1-11-16-14(5-2-6-15(16)22)20-17(11)18(23)19-8-13-9-21-7-3-4-12(21)10-24-13/h12-13,20H,2-10H2,1H3,(H,19,23)/t12-,13-/m0/s1. The third-order valence-corrected chi connectivity index (χ3v) is 5.62. The van der Waals surface area contributed by atoms with E-state index in [-0.39, 0.29) is 17.8 Å². The van der Waals surface area contributed by atoms with Gasteiger partial charge in [-0.15, -0.1) is 0 Å². The molecule has 2 aliphatic heterocycles. The molecule has 1 amide bonds. The van der Waals surface area contributed by atoms with Crippen molar-refractivity contribution in [2.45, 2.75) is 51.2 Å². The van der Waals surface area contributed by atoms with Crippen LogP contribution in [0.15, 0.2) is 0 Å². The summed E-state index contributed by atoms with van der Waals surface area (Å²) in [4.78, 5) is 30.3. The fraction of sp³-hybridized carbons (Fsp3) is 0.667. The largest absolute Gasteiger partial charge is 0.373 e. The number of aromatic nitrogens is 1. The second-order valence-corrected chi connectivity index (χ2v) is 7.21. The normalized spacial score (nSPS) is 27.0. The Kier molecular flexibility index (Phi) is 4.18. The van der Waals surface area contributed by atoms with Crippen molar-refractivity contribution in [3.8, 4) is 0 Å². The lowest BCUT2D eigenvalue weighted by molar-refractivity contribution is -0.0462. The van der Waals surface area contributed by atoms with E-state index in [0.29, 0.717) is 24.7 Å². The summed E-state index contributed by atoms with van der Waals surface area (Å²) in [6.45, 7) is 5.18. The molecule has 0 spiro atoms. The van der Waals surface area contributed by atoms with Gasteiger partial charge in [0.1, 0.15) is 5.69 Å². The summed E-state index contributed by atoms with van der Waals surface area (Å²) in [6.07, 6.45) is 4.81. The number of Topliss-reactive ketones (excluding diaryl/α,β-unsaturated/α-hetero) is 1. The number of carbonyl (C=O) groups is 2. The molecule has 2 N–H and O–H groups in total. The van der Waals surface area contributed by atoms with E-state index >= 15 is 0 Å².